The fourth-order valence-electron chi connectivity index (χ4n) is 1.74. The largest absolute Gasteiger partial charge is 0.465 e. The molecule has 0 atom stereocenters. The van der Waals surface area contributed by atoms with Crippen LogP contribution in [0.1, 0.15) is 27.8 Å². The van der Waals surface area contributed by atoms with Crippen molar-refractivity contribution < 1.29 is 23.5 Å². The predicted molar refractivity (Wildman–Crippen MR) is 78.7 cm³/mol. The molecule has 2 N–H and O–H groups in total. The highest BCUT2D eigenvalue weighted by atomic mass is 16.5. The van der Waals surface area contributed by atoms with Crippen molar-refractivity contribution in [1.29, 1.82) is 0 Å². The Balaban J connectivity index is 2.10. The van der Waals surface area contributed by atoms with Crippen LogP contribution in [0.3, 0.4) is 0 Å². The second-order valence-electron chi connectivity index (χ2n) is 4.37. The molecule has 0 aliphatic rings. The zero-order chi connectivity index (χ0) is 16.1. The molecule has 7 nitrogen and oxygen atoms in total. The highest BCUT2D eigenvalue weighted by Gasteiger charge is 2.13. The van der Waals surface area contributed by atoms with Crippen molar-refractivity contribution in [3.63, 3.8) is 0 Å². The van der Waals surface area contributed by atoms with Gasteiger partial charge in [0.25, 0.3) is 5.91 Å². The van der Waals surface area contributed by atoms with E-state index >= 15 is 0 Å². The van der Waals surface area contributed by atoms with Gasteiger partial charge in [-0.1, -0.05) is 6.07 Å². The monoisotopic (exact) mass is 302 g/mol. The van der Waals surface area contributed by atoms with Crippen molar-refractivity contribution in [2.45, 2.75) is 6.92 Å². The van der Waals surface area contributed by atoms with Gasteiger partial charge in [0.15, 0.2) is 11.6 Å². The van der Waals surface area contributed by atoms with Crippen molar-refractivity contribution in [3.05, 3.63) is 47.7 Å². The average Bonchev–Trinajstić information content (AvgIpc) is 2.94. The van der Waals surface area contributed by atoms with E-state index in [4.69, 9.17) is 4.42 Å². The van der Waals surface area contributed by atoms with E-state index < -0.39 is 11.9 Å². The molecule has 0 saturated carbocycles. The molecular weight excluding hydrogens is 288 g/mol. The summed E-state index contributed by atoms with van der Waals surface area (Å²) in [7, 11) is 1.28. The van der Waals surface area contributed by atoms with Crippen LogP contribution in [0, 0.1) is 0 Å². The second-order valence-corrected chi connectivity index (χ2v) is 4.37. The normalized spacial score (nSPS) is 9.91. The van der Waals surface area contributed by atoms with E-state index in [1.165, 1.54) is 32.2 Å². The first-order valence-electron chi connectivity index (χ1n) is 6.37. The summed E-state index contributed by atoms with van der Waals surface area (Å²) < 4.78 is 9.80. The fraction of sp³-hybridized carbons (Fsp3) is 0.133. The predicted octanol–water partition coefficient (Wildman–Crippen LogP) is 2.28. The van der Waals surface area contributed by atoms with E-state index in [0.29, 0.717) is 11.3 Å². The number of carbonyl (C=O) groups is 3. The summed E-state index contributed by atoms with van der Waals surface area (Å²) >= 11 is 0. The molecule has 1 aromatic carbocycles. The highest BCUT2D eigenvalue weighted by molar-refractivity contribution is 6.03. The number of amides is 2. The van der Waals surface area contributed by atoms with E-state index in [-0.39, 0.29) is 17.6 Å². The van der Waals surface area contributed by atoms with Gasteiger partial charge < -0.3 is 14.5 Å². The van der Waals surface area contributed by atoms with Gasteiger partial charge in [-0.05, 0) is 24.3 Å². The maximum Gasteiger partial charge on any atom is 0.337 e. The molecule has 1 aromatic heterocycles. The average molecular weight is 302 g/mol. The van der Waals surface area contributed by atoms with Crippen molar-refractivity contribution in [1.82, 2.24) is 0 Å². The Morgan fingerprint density at radius 1 is 1.09 bits per heavy atom. The Labute approximate surface area is 126 Å². The molecule has 0 fully saturated rings. The third-order valence-corrected chi connectivity index (χ3v) is 2.67. The fourth-order valence-corrected chi connectivity index (χ4v) is 1.74. The summed E-state index contributed by atoms with van der Waals surface area (Å²) in [5.41, 5.74) is 0.740. The van der Waals surface area contributed by atoms with Gasteiger partial charge in [-0.2, -0.15) is 0 Å². The van der Waals surface area contributed by atoms with Crippen LogP contribution in [0.4, 0.5) is 11.6 Å². The summed E-state index contributed by atoms with van der Waals surface area (Å²) in [5, 5.41) is 5.02. The van der Waals surface area contributed by atoms with Crippen LogP contribution in [0.5, 0.6) is 0 Å². The van der Waals surface area contributed by atoms with Crippen molar-refractivity contribution in [2.24, 2.45) is 0 Å². The lowest BCUT2D eigenvalue weighted by Gasteiger charge is -2.05. The lowest BCUT2D eigenvalue weighted by molar-refractivity contribution is -0.114. The zero-order valence-electron chi connectivity index (χ0n) is 12.0. The van der Waals surface area contributed by atoms with Gasteiger partial charge in [-0.15, -0.1) is 0 Å². The van der Waals surface area contributed by atoms with Gasteiger partial charge in [-0.3, -0.25) is 14.9 Å². The maximum atomic E-state index is 12.0. The Morgan fingerprint density at radius 3 is 2.55 bits per heavy atom. The number of nitrogens with one attached hydrogen (secondary N) is 2. The molecule has 22 heavy (non-hydrogen) atoms. The van der Waals surface area contributed by atoms with Crippen LogP contribution in [-0.2, 0) is 9.53 Å². The minimum atomic E-state index is -0.501. The molecule has 0 aliphatic heterocycles. The molecular formula is C15H14N2O5. The summed E-state index contributed by atoms with van der Waals surface area (Å²) in [6, 6.07) is 9.21. The van der Waals surface area contributed by atoms with Gasteiger partial charge in [0.1, 0.15) is 0 Å². The first-order chi connectivity index (χ1) is 10.5. The number of ether oxygens (including phenoxy) is 1. The molecule has 0 radical (unpaired) electrons. The number of anilines is 2. The molecule has 2 rings (SSSR count). The molecule has 0 saturated heterocycles. The molecule has 0 bridgehead atoms. The van der Waals surface area contributed by atoms with Crippen LogP contribution >= 0.6 is 0 Å². The summed E-state index contributed by atoms with van der Waals surface area (Å²) in [4.78, 5) is 34.4. The third kappa shape index (κ3) is 3.72. The number of esters is 1. The van der Waals surface area contributed by atoms with Crippen LogP contribution < -0.4 is 10.6 Å². The summed E-state index contributed by atoms with van der Waals surface area (Å²) in [6.07, 6.45) is 0. The van der Waals surface area contributed by atoms with Crippen molar-refractivity contribution in [2.75, 3.05) is 17.7 Å². The molecule has 0 aliphatic carbocycles. The van der Waals surface area contributed by atoms with Gasteiger partial charge >= 0.3 is 5.97 Å². The Bertz CT molecular complexity index is 720. The standard InChI is InChI=1S/C15H14N2O5/c1-9(18)16-13-7-6-12(22-13)14(19)17-11-5-3-4-10(8-11)15(20)21-2/h3-8H,1-2H3,(H,16,18)(H,17,19). The third-order valence-electron chi connectivity index (χ3n) is 2.67. The van der Waals surface area contributed by atoms with E-state index in [1.54, 1.807) is 18.2 Å². The van der Waals surface area contributed by atoms with Crippen LogP contribution in [-0.4, -0.2) is 24.9 Å². The van der Waals surface area contributed by atoms with Crippen molar-refractivity contribution in [3.8, 4) is 0 Å². The number of furan rings is 1. The topological polar surface area (TPSA) is 97.6 Å². The first-order valence-corrected chi connectivity index (χ1v) is 6.37. The number of benzene rings is 1. The Hall–Kier alpha value is -3.09. The Kier molecular flexibility index (Phi) is 4.57. The number of methoxy groups -OCH3 is 1. The van der Waals surface area contributed by atoms with E-state index in [2.05, 4.69) is 15.4 Å². The molecule has 2 amide bonds. The molecule has 114 valence electrons. The SMILES string of the molecule is COC(=O)c1cccc(NC(=O)c2ccc(NC(C)=O)o2)c1. The second kappa shape index (κ2) is 6.57. The van der Waals surface area contributed by atoms with Crippen LogP contribution in [0.25, 0.3) is 0 Å². The van der Waals surface area contributed by atoms with Crippen LogP contribution in [0.2, 0.25) is 0 Å². The quantitative estimate of drug-likeness (QED) is 0.844. The maximum absolute atomic E-state index is 12.0. The lowest BCUT2D eigenvalue weighted by atomic mass is 10.2. The van der Waals surface area contributed by atoms with Gasteiger partial charge in [0.05, 0.1) is 12.7 Å². The smallest absolute Gasteiger partial charge is 0.337 e. The Morgan fingerprint density at radius 2 is 1.86 bits per heavy atom. The zero-order valence-corrected chi connectivity index (χ0v) is 12.0. The van der Waals surface area contributed by atoms with E-state index in [9.17, 15) is 14.4 Å². The molecule has 0 unspecified atom stereocenters. The minimum absolute atomic E-state index is 0.0345. The first kappa shape index (κ1) is 15.3. The van der Waals surface area contributed by atoms with Gasteiger partial charge in [-0.25, -0.2) is 4.79 Å². The number of carbonyl (C=O) groups excluding carboxylic acids is 3. The number of hydrogen-bond donors (Lipinski definition) is 2. The molecule has 0 spiro atoms. The summed E-state index contributed by atoms with van der Waals surface area (Å²) in [6.45, 7) is 1.33. The van der Waals surface area contributed by atoms with Crippen molar-refractivity contribution >= 4 is 29.4 Å². The molecule has 7 heteroatoms. The molecule has 1 heterocycles. The minimum Gasteiger partial charge on any atom is -0.465 e. The number of hydrogen-bond acceptors (Lipinski definition) is 5. The summed E-state index contributed by atoms with van der Waals surface area (Å²) in [5.74, 6) is -1.08. The molecule has 2 aromatic rings. The number of rotatable bonds is 4. The van der Waals surface area contributed by atoms with E-state index in [1.807, 2.05) is 0 Å². The lowest BCUT2D eigenvalue weighted by Crippen LogP contribution is -2.12. The van der Waals surface area contributed by atoms with Gasteiger partial charge in [0.2, 0.25) is 5.91 Å². The van der Waals surface area contributed by atoms with E-state index in [0.717, 1.165) is 0 Å². The van der Waals surface area contributed by atoms with Crippen LogP contribution in [0.15, 0.2) is 40.8 Å². The van der Waals surface area contributed by atoms with Gasteiger partial charge in [0, 0.05) is 18.7 Å². The highest BCUT2D eigenvalue weighted by Crippen LogP contribution is 2.16.